The first-order valence-electron chi connectivity index (χ1n) is 10.6. The van der Waals surface area contributed by atoms with Crippen LogP contribution >= 0.6 is 0 Å². The molecule has 1 amide bonds. The lowest BCUT2D eigenvalue weighted by atomic mass is 10.3. The Morgan fingerprint density at radius 2 is 2.15 bits per heavy atom. The number of nitrogens with one attached hydrogen (secondary N) is 2. The summed E-state index contributed by atoms with van der Waals surface area (Å²) in [5.74, 6) is 2.16. The molecular formula is C21H23N7O5. The van der Waals surface area contributed by atoms with Crippen molar-refractivity contribution in [2.75, 3.05) is 49.6 Å². The van der Waals surface area contributed by atoms with Gasteiger partial charge in [0.15, 0.2) is 17.2 Å². The summed E-state index contributed by atoms with van der Waals surface area (Å²) in [6, 6.07) is 6.63. The van der Waals surface area contributed by atoms with E-state index in [1.165, 1.54) is 21.7 Å². The molecule has 172 valence electrons. The van der Waals surface area contributed by atoms with Crippen molar-refractivity contribution in [1.29, 1.82) is 0 Å². The van der Waals surface area contributed by atoms with Crippen molar-refractivity contribution in [3.8, 4) is 11.6 Å². The Kier molecular flexibility index (Phi) is 5.65. The number of rotatable bonds is 7. The van der Waals surface area contributed by atoms with Crippen LogP contribution in [0.15, 0.2) is 35.3 Å². The normalized spacial score (nSPS) is 17.3. The molecular weight excluding hydrogens is 430 g/mol. The Balaban J connectivity index is 1.10. The highest BCUT2D eigenvalue weighted by Gasteiger charge is 2.33. The van der Waals surface area contributed by atoms with E-state index in [0.717, 1.165) is 0 Å². The van der Waals surface area contributed by atoms with Crippen LogP contribution in [0.2, 0.25) is 0 Å². The minimum atomic E-state index is -0.431. The van der Waals surface area contributed by atoms with Gasteiger partial charge in [-0.1, -0.05) is 0 Å². The number of hydrogen-bond donors (Lipinski definition) is 2. The summed E-state index contributed by atoms with van der Waals surface area (Å²) in [7, 11) is 1.64. The first-order chi connectivity index (χ1) is 16.1. The smallest absolute Gasteiger partial charge is 0.416 e. The molecule has 12 nitrogen and oxygen atoms in total. The lowest BCUT2D eigenvalue weighted by Gasteiger charge is -2.20. The number of ether oxygens (including phenoxy) is 3. The van der Waals surface area contributed by atoms with Crippen molar-refractivity contribution >= 4 is 28.9 Å². The highest BCUT2D eigenvalue weighted by atomic mass is 16.6. The molecule has 0 aromatic carbocycles. The molecule has 33 heavy (non-hydrogen) atoms. The third-order valence-electron chi connectivity index (χ3n) is 5.34. The van der Waals surface area contributed by atoms with Gasteiger partial charge in [0.2, 0.25) is 5.88 Å². The summed E-state index contributed by atoms with van der Waals surface area (Å²) < 4.78 is 18.0. The third kappa shape index (κ3) is 4.37. The summed E-state index contributed by atoms with van der Waals surface area (Å²) in [4.78, 5) is 38.7. The van der Waals surface area contributed by atoms with Gasteiger partial charge in [0.1, 0.15) is 30.7 Å². The number of carbonyl (C=O) groups is 1. The lowest BCUT2D eigenvalue weighted by molar-refractivity contribution is 0.139. The van der Waals surface area contributed by atoms with E-state index in [1.807, 2.05) is 0 Å². The van der Waals surface area contributed by atoms with Crippen LogP contribution in [0.4, 0.5) is 16.4 Å². The van der Waals surface area contributed by atoms with Gasteiger partial charge < -0.3 is 24.8 Å². The van der Waals surface area contributed by atoms with Gasteiger partial charge in [-0.2, -0.15) is 4.98 Å². The van der Waals surface area contributed by atoms with Crippen molar-refractivity contribution in [1.82, 2.24) is 24.8 Å². The van der Waals surface area contributed by atoms with E-state index in [2.05, 4.69) is 25.6 Å². The molecule has 2 aliphatic rings. The number of aryl methyl sites for hydroxylation is 1. The first kappa shape index (κ1) is 20.9. The molecule has 0 saturated carbocycles. The van der Waals surface area contributed by atoms with Gasteiger partial charge in [-0.05, 0) is 18.2 Å². The number of cyclic esters (lactones) is 1. The fraction of sp³-hybridized carbons (Fsp3) is 0.381. The zero-order valence-electron chi connectivity index (χ0n) is 18.0. The number of aromatic nitrogens is 4. The summed E-state index contributed by atoms with van der Waals surface area (Å²) in [6.45, 7) is 2.97. The molecule has 3 aromatic heterocycles. The first-order valence-corrected chi connectivity index (χ1v) is 10.6. The zero-order chi connectivity index (χ0) is 22.8. The van der Waals surface area contributed by atoms with E-state index in [1.54, 1.807) is 25.2 Å². The van der Waals surface area contributed by atoms with Crippen LogP contribution in [0.5, 0.6) is 11.6 Å². The molecule has 0 bridgehead atoms. The van der Waals surface area contributed by atoms with Crippen LogP contribution in [0.3, 0.4) is 0 Å². The maximum atomic E-state index is 12.3. The molecule has 1 atom stereocenters. The van der Waals surface area contributed by atoms with Crippen LogP contribution in [-0.2, 0) is 11.8 Å². The fourth-order valence-electron chi connectivity index (χ4n) is 3.64. The predicted molar refractivity (Wildman–Crippen MR) is 119 cm³/mol. The molecule has 12 heteroatoms. The Morgan fingerprint density at radius 1 is 1.24 bits per heavy atom. The molecule has 1 saturated heterocycles. The number of amides is 1. The molecule has 1 unspecified atom stereocenters. The molecule has 5 rings (SSSR count). The summed E-state index contributed by atoms with van der Waals surface area (Å²) >= 11 is 0. The summed E-state index contributed by atoms with van der Waals surface area (Å²) in [6.07, 6.45) is 0.781. The van der Waals surface area contributed by atoms with E-state index in [-0.39, 0.29) is 11.7 Å². The van der Waals surface area contributed by atoms with Gasteiger partial charge in [0.25, 0.3) is 5.56 Å². The summed E-state index contributed by atoms with van der Waals surface area (Å²) in [5, 5.41) is 6.38. The Morgan fingerprint density at radius 3 is 3.06 bits per heavy atom. The highest BCUT2D eigenvalue weighted by Crippen LogP contribution is 2.29. The van der Waals surface area contributed by atoms with Crippen LogP contribution < -0.4 is 30.6 Å². The van der Waals surface area contributed by atoms with Crippen molar-refractivity contribution in [3.05, 3.63) is 40.8 Å². The van der Waals surface area contributed by atoms with Crippen molar-refractivity contribution < 1.29 is 19.0 Å². The number of anilines is 2. The maximum Gasteiger partial charge on any atom is 0.416 e. The van der Waals surface area contributed by atoms with Crippen LogP contribution in [0, 0.1) is 0 Å². The van der Waals surface area contributed by atoms with Crippen LogP contribution in [0.1, 0.15) is 0 Å². The molecule has 2 N–H and O–H groups in total. The monoisotopic (exact) mass is 453 g/mol. The highest BCUT2D eigenvalue weighted by molar-refractivity contribution is 5.89. The minimum Gasteiger partial charge on any atom is -0.488 e. The molecule has 1 fully saturated rings. The van der Waals surface area contributed by atoms with Gasteiger partial charge in [-0.3, -0.25) is 14.3 Å². The molecule has 2 aliphatic heterocycles. The van der Waals surface area contributed by atoms with Crippen molar-refractivity contribution in [3.63, 3.8) is 0 Å². The molecule has 0 aliphatic carbocycles. The Hall–Kier alpha value is -3.93. The van der Waals surface area contributed by atoms with Crippen molar-refractivity contribution in [2.24, 2.45) is 7.05 Å². The SMILES string of the molecule is Cn1c(=O)ccc2ncc(OCCNCC3CN(c4ccc5c(n4)NCCO5)C(=O)O3)nc21. The van der Waals surface area contributed by atoms with Gasteiger partial charge in [-0.15, -0.1) is 0 Å². The number of nitrogens with zero attached hydrogens (tertiary/aromatic N) is 5. The molecule has 0 spiro atoms. The lowest BCUT2D eigenvalue weighted by Crippen LogP contribution is -2.33. The summed E-state index contributed by atoms with van der Waals surface area (Å²) in [5.41, 5.74) is 0.918. The number of carbonyl (C=O) groups excluding carboxylic acids is 1. The standard InChI is InChI=1S/C21H23N7O5/c1-27-18(29)5-2-14-20(27)26-17(11-24-14)32-8-6-22-10-13-12-28(21(30)33-13)16-4-3-15-19(25-16)23-7-9-31-15/h2-5,11,13,22H,6-10,12H2,1H3,(H,23,25). The van der Waals surface area contributed by atoms with E-state index in [0.29, 0.717) is 73.8 Å². The van der Waals surface area contributed by atoms with E-state index < -0.39 is 6.09 Å². The largest absolute Gasteiger partial charge is 0.488 e. The molecule has 0 radical (unpaired) electrons. The number of fused-ring (bicyclic) bond motifs is 2. The average molecular weight is 453 g/mol. The topological polar surface area (TPSA) is 133 Å². The molecule has 5 heterocycles. The van der Waals surface area contributed by atoms with Gasteiger partial charge >= 0.3 is 6.09 Å². The van der Waals surface area contributed by atoms with Gasteiger partial charge in [-0.25, -0.2) is 14.8 Å². The van der Waals surface area contributed by atoms with E-state index >= 15 is 0 Å². The second kappa shape index (κ2) is 8.90. The van der Waals surface area contributed by atoms with Gasteiger partial charge in [0.05, 0.1) is 19.3 Å². The minimum absolute atomic E-state index is 0.161. The Bertz CT molecular complexity index is 1250. The number of hydrogen-bond acceptors (Lipinski definition) is 10. The van der Waals surface area contributed by atoms with E-state index in [4.69, 9.17) is 14.2 Å². The average Bonchev–Trinajstić information content (AvgIpc) is 3.21. The second-order valence-corrected chi connectivity index (χ2v) is 7.61. The maximum absolute atomic E-state index is 12.3. The quantitative estimate of drug-likeness (QED) is 0.488. The van der Waals surface area contributed by atoms with Crippen LogP contribution in [0.25, 0.3) is 11.2 Å². The van der Waals surface area contributed by atoms with Gasteiger partial charge in [0, 0.05) is 26.2 Å². The predicted octanol–water partition coefficient (Wildman–Crippen LogP) is 0.522. The second-order valence-electron chi connectivity index (χ2n) is 7.61. The van der Waals surface area contributed by atoms with Crippen LogP contribution in [-0.4, -0.2) is 71.1 Å². The van der Waals surface area contributed by atoms with Crippen molar-refractivity contribution in [2.45, 2.75) is 6.10 Å². The Labute approximate surface area is 188 Å². The molecule has 3 aromatic rings. The third-order valence-corrected chi connectivity index (χ3v) is 5.34. The van der Waals surface area contributed by atoms with E-state index in [9.17, 15) is 9.59 Å². The number of pyridine rings is 2. The zero-order valence-corrected chi connectivity index (χ0v) is 18.0. The fourth-order valence-corrected chi connectivity index (χ4v) is 3.64.